The number of hydrogen-bond acceptors (Lipinski definition) is 4. The van der Waals surface area contributed by atoms with Gasteiger partial charge in [0.1, 0.15) is 5.75 Å². The molecule has 4 heteroatoms. The van der Waals surface area contributed by atoms with Gasteiger partial charge < -0.3 is 15.4 Å². The number of piperazine rings is 1. The Morgan fingerprint density at radius 2 is 2.05 bits per heavy atom. The summed E-state index contributed by atoms with van der Waals surface area (Å²) in [6.07, 6.45) is 4.06. The Hall–Kier alpha value is -1.42. The summed E-state index contributed by atoms with van der Waals surface area (Å²) in [6, 6.07) is 6.74. The second-order valence-corrected chi connectivity index (χ2v) is 5.60. The van der Waals surface area contributed by atoms with Gasteiger partial charge in [-0.3, -0.25) is 4.90 Å². The topological polar surface area (TPSA) is 41.7 Å². The monoisotopic (exact) mass is 261 g/mol. The summed E-state index contributed by atoms with van der Waals surface area (Å²) in [4.78, 5) is 5.09. The van der Waals surface area contributed by atoms with Crippen molar-refractivity contribution in [1.82, 2.24) is 4.90 Å². The zero-order valence-electron chi connectivity index (χ0n) is 11.6. The van der Waals surface area contributed by atoms with Gasteiger partial charge in [-0.15, -0.1) is 0 Å². The van der Waals surface area contributed by atoms with Crippen molar-refractivity contribution in [1.29, 1.82) is 0 Å². The van der Waals surface area contributed by atoms with Gasteiger partial charge >= 0.3 is 0 Å². The molecule has 19 heavy (non-hydrogen) atoms. The Labute approximate surface area is 115 Å². The first kappa shape index (κ1) is 12.6. The largest absolute Gasteiger partial charge is 0.497 e. The Bertz CT molecular complexity index is 449. The van der Waals surface area contributed by atoms with Crippen LogP contribution >= 0.6 is 0 Å². The molecule has 1 atom stereocenters. The highest BCUT2D eigenvalue weighted by Gasteiger charge is 2.29. The normalized spacial score (nSPS) is 24.1. The molecule has 0 aliphatic carbocycles. The molecule has 0 aromatic heterocycles. The maximum atomic E-state index is 5.96. The third kappa shape index (κ3) is 2.63. The number of methoxy groups -OCH3 is 1. The maximum Gasteiger partial charge on any atom is 0.122 e. The van der Waals surface area contributed by atoms with Gasteiger partial charge in [0.2, 0.25) is 0 Å². The molecule has 1 unspecified atom stereocenters. The lowest BCUT2D eigenvalue weighted by Gasteiger charge is -2.45. The molecule has 1 aromatic carbocycles. The van der Waals surface area contributed by atoms with E-state index in [0.29, 0.717) is 0 Å². The number of rotatable bonds is 2. The first-order chi connectivity index (χ1) is 9.26. The van der Waals surface area contributed by atoms with Gasteiger partial charge in [-0.2, -0.15) is 0 Å². The quantitative estimate of drug-likeness (QED) is 0.826. The van der Waals surface area contributed by atoms with E-state index in [1.807, 2.05) is 6.07 Å². The van der Waals surface area contributed by atoms with Gasteiger partial charge in [0, 0.05) is 49.2 Å². The van der Waals surface area contributed by atoms with Crippen LogP contribution in [0.1, 0.15) is 19.3 Å². The Balaban J connectivity index is 1.77. The molecular formula is C15H23N3O. The van der Waals surface area contributed by atoms with Gasteiger partial charge in [0.05, 0.1) is 7.11 Å². The Morgan fingerprint density at radius 1 is 1.16 bits per heavy atom. The van der Waals surface area contributed by atoms with Gasteiger partial charge in [0.25, 0.3) is 0 Å². The molecule has 0 spiro atoms. The third-order valence-corrected chi connectivity index (χ3v) is 4.35. The lowest BCUT2D eigenvalue weighted by molar-refractivity contribution is 0.133. The first-order valence-corrected chi connectivity index (χ1v) is 7.20. The van der Waals surface area contributed by atoms with Crippen LogP contribution in [0.2, 0.25) is 0 Å². The van der Waals surface area contributed by atoms with Crippen molar-refractivity contribution >= 4 is 11.4 Å². The second-order valence-electron chi connectivity index (χ2n) is 5.60. The minimum absolute atomic E-state index is 0.718. The van der Waals surface area contributed by atoms with E-state index < -0.39 is 0 Å². The van der Waals surface area contributed by atoms with Crippen LogP contribution in [-0.2, 0) is 0 Å². The molecular weight excluding hydrogens is 238 g/mol. The van der Waals surface area contributed by atoms with Gasteiger partial charge in [0.15, 0.2) is 0 Å². The number of anilines is 2. The first-order valence-electron chi connectivity index (χ1n) is 7.20. The third-order valence-electron chi connectivity index (χ3n) is 4.35. The lowest BCUT2D eigenvalue weighted by Crippen LogP contribution is -2.54. The van der Waals surface area contributed by atoms with E-state index in [1.165, 1.54) is 38.0 Å². The SMILES string of the molecule is COc1cc(N)cc(N2CCN3CCCCC3C2)c1. The molecule has 2 heterocycles. The molecule has 4 nitrogen and oxygen atoms in total. The molecule has 0 amide bonds. The van der Waals surface area contributed by atoms with E-state index in [9.17, 15) is 0 Å². The smallest absolute Gasteiger partial charge is 0.122 e. The van der Waals surface area contributed by atoms with Crippen LogP contribution in [0.25, 0.3) is 0 Å². The molecule has 0 bridgehead atoms. The molecule has 2 N–H and O–H groups in total. The highest BCUT2D eigenvalue weighted by atomic mass is 16.5. The highest BCUT2D eigenvalue weighted by molar-refractivity contribution is 5.60. The van der Waals surface area contributed by atoms with E-state index in [-0.39, 0.29) is 0 Å². The second kappa shape index (κ2) is 5.29. The molecule has 104 valence electrons. The molecule has 2 aliphatic rings. The Kier molecular flexibility index (Phi) is 3.51. The van der Waals surface area contributed by atoms with Crippen molar-refractivity contribution in [2.45, 2.75) is 25.3 Å². The number of hydrogen-bond donors (Lipinski definition) is 1. The Morgan fingerprint density at radius 3 is 2.89 bits per heavy atom. The number of nitrogen functional groups attached to an aromatic ring is 1. The number of benzene rings is 1. The van der Waals surface area contributed by atoms with Crippen LogP contribution < -0.4 is 15.4 Å². The van der Waals surface area contributed by atoms with Crippen LogP contribution in [0.3, 0.4) is 0 Å². The zero-order valence-corrected chi connectivity index (χ0v) is 11.6. The number of ether oxygens (including phenoxy) is 1. The number of nitrogens with two attached hydrogens (primary N) is 1. The fourth-order valence-electron chi connectivity index (χ4n) is 3.30. The van der Waals surface area contributed by atoms with Gasteiger partial charge in [-0.05, 0) is 25.5 Å². The fourth-order valence-corrected chi connectivity index (χ4v) is 3.30. The van der Waals surface area contributed by atoms with Gasteiger partial charge in [-0.25, -0.2) is 0 Å². The van der Waals surface area contributed by atoms with E-state index >= 15 is 0 Å². The molecule has 2 aliphatic heterocycles. The van der Waals surface area contributed by atoms with Gasteiger partial charge in [-0.1, -0.05) is 6.42 Å². The van der Waals surface area contributed by atoms with Crippen molar-refractivity contribution < 1.29 is 4.74 Å². The summed E-state index contributed by atoms with van der Waals surface area (Å²) < 4.78 is 5.32. The number of piperidine rings is 1. The molecule has 2 saturated heterocycles. The van der Waals surface area contributed by atoms with Crippen LogP contribution in [-0.4, -0.2) is 44.2 Å². The standard InChI is InChI=1S/C15H23N3O/c1-19-15-9-12(16)8-14(10-15)18-7-6-17-5-3-2-4-13(17)11-18/h8-10,13H,2-7,11,16H2,1H3. The van der Waals surface area contributed by atoms with Crippen LogP contribution in [0.4, 0.5) is 11.4 Å². The van der Waals surface area contributed by atoms with Crippen molar-refractivity contribution in [2.75, 3.05) is 43.9 Å². The van der Waals surface area contributed by atoms with Crippen molar-refractivity contribution in [3.8, 4) is 5.75 Å². The van der Waals surface area contributed by atoms with Crippen molar-refractivity contribution in [2.24, 2.45) is 0 Å². The van der Waals surface area contributed by atoms with E-state index in [1.54, 1.807) is 7.11 Å². The summed E-state index contributed by atoms with van der Waals surface area (Å²) in [5.74, 6) is 0.848. The number of fused-ring (bicyclic) bond motifs is 1. The average molecular weight is 261 g/mol. The summed E-state index contributed by atoms with van der Waals surface area (Å²) in [5, 5.41) is 0. The lowest BCUT2D eigenvalue weighted by atomic mass is 9.99. The van der Waals surface area contributed by atoms with E-state index in [4.69, 9.17) is 10.5 Å². The molecule has 0 radical (unpaired) electrons. The van der Waals surface area contributed by atoms with Crippen LogP contribution in [0.5, 0.6) is 5.75 Å². The van der Waals surface area contributed by atoms with E-state index in [0.717, 1.165) is 30.6 Å². The van der Waals surface area contributed by atoms with Crippen LogP contribution in [0.15, 0.2) is 18.2 Å². The summed E-state index contributed by atoms with van der Waals surface area (Å²) in [6.45, 7) is 4.65. The predicted molar refractivity (Wildman–Crippen MR) is 78.8 cm³/mol. The maximum absolute atomic E-state index is 5.96. The molecule has 0 saturated carbocycles. The predicted octanol–water partition coefficient (Wildman–Crippen LogP) is 1.95. The summed E-state index contributed by atoms with van der Waals surface area (Å²) in [5.41, 5.74) is 7.93. The molecule has 1 aromatic rings. The minimum Gasteiger partial charge on any atom is -0.497 e. The zero-order chi connectivity index (χ0) is 13.2. The summed E-state index contributed by atoms with van der Waals surface area (Å²) in [7, 11) is 1.69. The van der Waals surface area contributed by atoms with Crippen molar-refractivity contribution in [3.05, 3.63) is 18.2 Å². The van der Waals surface area contributed by atoms with Crippen molar-refractivity contribution in [3.63, 3.8) is 0 Å². The number of nitrogens with zero attached hydrogens (tertiary/aromatic N) is 2. The molecule has 2 fully saturated rings. The van der Waals surface area contributed by atoms with Crippen LogP contribution in [0, 0.1) is 0 Å². The fraction of sp³-hybridized carbons (Fsp3) is 0.600. The summed E-state index contributed by atoms with van der Waals surface area (Å²) >= 11 is 0. The average Bonchev–Trinajstić information content (AvgIpc) is 2.46. The van der Waals surface area contributed by atoms with E-state index in [2.05, 4.69) is 21.9 Å². The molecule has 3 rings (SSSR count). The minimum atomic E-state index is 0.718. The highest BCUT2D eigenvalue weighted by Crippen LogP contribution is 2.29.